The summed E-state index contributed by atoms with van der Waals surface area (Å²) in [5.41, 5.74) is 4.52. The maximum Gasteiger partial charge on any atom is 0.225 e. The molecule has 9 nitrogen and oxygen atoms in total. The Morgan fingerprint density at radius 2 is 2.03 bits per heavy atom. The normalized spacial score (nSPS) is 15.4. The van der Waals surface area contributed by atoms with E-state index in [1.165, 1.54) is 6.33 Å². The summed E-state index contributed by atoms with van der Waals surface area (Å²) >= 11 is 0. The molecule has 0 bridgehead atoms. The molecule has 4 heterocycles. The number of rotatable bonds is 7. The number of nitrogens with one attached hydrogen (secondary N) is 1. The van der Waals surface area contributed by atoms with Gasteiger partial charge < -0.3 is 14.6 Å². The standard InChI is InChI=1S/C25H25N5O4/c1-13(2)33-16-4-6-18-15(9-16)10-19(28-18)20-11-22(34-30-20)14(3)8-21(31)24-17-5-7-23(32)29-25(17)27-12-26-24/h4,6,9,11-14H,5,7-8,10H2,1-3H3,(H,26,27,29,32)/t14-/m0/s1. The lowest BCUT2D eigenvalue weighted by molar-refractivity contribution is -0.116. The van der Waals surface area contributed by atoms with Gasteiger partial charge in [-0.05, 0) is 44.0 Å². The molecule has 1 N–H and O–H groups in total. The first-order chi connectivity index (χ1) is 16.4. The topological polar surface area (TPSA) is 120 Å². The summed E-state index contributed by atoms with van der Waals surface area (Å²) in [6, 6.07) is 7.74. The van der Waals surface area contributed by atoms with Crippen molar-refractivity contribution in [2.75, 3.05) is 5.32 Å². The highest BCUT2D eigenvalue weighted by Gasteiger charge is 2.26. The fourth-order valence-electron chi connectivity index (χ4n) is 4.23. The fourth-order valence-corrected chi connectivity index (χ4v) is 4.23. The molecule has 1 atom stereocenters. The van der Waals surface area contributed by atoms with Gasteiger partial charge in [-0.3, -0.25) is 14.6 Å². The molecule has 0 aliphatic carbocycles. The molecule has 1 aromatic carbocycles. The van der Waals surface area contributed by atoms with Gasteiger partial charge in [0.2, 0.25) is 5.91 Å². The summed E-state index contributed by atoms with van der Waals surface area (Å²) in [6.45, 7) is 5.91. The van der Waals surface area contributed by atoms with Crippen molar-refractivity contribution in [2.45, 2.75) is 58.5 Å². The highest BCUT2D eigenvalue weighted by atomic mass is 16.5. The second-order valence-electron chi connectivity index (χ2n) is 8.93. The quantitative estimate of drug-likeness (QED) is 0.526. The fraction of sp³-hybridized carbons (Fsp3) is 0.360. The van der Waals surface area contributed by atoms with E-state index in [-0.39, 0.29) is 30.1 Å². The number of amides is 1. The van der Waals surface area contributed by atoms with Crippen molar-refractivity contribution in [3.05, 3.63) is 58.9 Å². The van der Waals surface area contributed by atoms with Crippen LogP contribution in [0, 0.1) is 0 Å². The van der Waals surface area contributed by atoms with Crippen molar-refractivity contribution in [2.24, 2.45) is 4.99 Å². The third-order valence-corrected chi connectivity index (χ3v) is 5.91. The molecule has 34 heavy (non-hydrogen) atoms. The number of aromatic nitrogens is 3. The second kappa shape index (κ2) is 8.81. The Morgan fingerprint density at radius 3 is 2.85 bits per heavy atom. The van der Waals surface area contributed by atoms with Crippen molar-refractivity contribution in [3.8, 4) is 5.75 Å². The monoisotopic (exact) mass is 459 g/mol. The highest BCUT2D eigenvalue weighted by molar-refractivity contribution is 6.05. The number of fused-ring (bicyclic) bond motifs is 2. The van der Waals surface area contributed by atoms with Crippen molar-refractivity contribution in [3.63, 3.8) is 0 Å². The van der Waals surface area contributed by atoms with E-state index in [2.05, 4.69) is 20.4 Å². The molecule has 2 aliphatic rings. The van der Waals surface area contributed by atoms with Crippen LogP contribution in [0.1, 0.15) is 72.6 Å². The second-order valence-corrected chi connectivity index (χ2v) is 8.93. The summed E-state index contributed by atoms with van der Waals surface area (Å²) in [5, 5.41) is 6.91. The van der Waals surface area contributed by atoms with E-state index in [0.29, 0.717) is 47.8 Å². The zero-order valence-corrected chi connectivity index (χ0v) is 19.3. The van der Waals surface area contributed by atoms with Crippen LogP contribution in [0.3, 0.4) is 0 Å². The van der Waals surface area contributed by atoms with E-state index in [9.17, 15) is 9.59 Å². The first-order valence-corrected chi connectivity index (χ1v) is 11.4. The molecule has 2 aromatic heterocycles. The van der Waals surface area contributed by atoms with Gasteiger partial charge in [0.15, 0.2) is 5.78 Å². The maximum atomic E-state index is 13.0. The van der Waals surface area contributed by atoms with Crippen LogP contribution in [0.4, 0.5) is 11.5 Å². The van der Waals surface area contributed by atoms with Crippen LogP contribution in [0.5, 0.6) is 5.75 Å². The number of anilines is 1. The molecular formula is C25H25N5O4. The Morgan fingerprint density at radius 1 is 1.18 bits per heavy atom. The predicted octanol–water partition coefficient (Wildman–Crippen LogP) is 4.19. The van der Waals surface area contributed by atoms with Gasteiger partial charge in [-0.1, -0.05) is 12.1 Å². The van der Waals surface area contributed by atoms with Crippen LogP contribution in [0.25, 0.3) is 0 Å². The Labute approximate surface area is 196 Å². The minimum absolute atomic E-state index is 0.104. The summed E-state index contributed by atoms with van der Waals surface area (Å²) in [5.74, 6) is 1.43. The number of ketones is 1. The van der Waals surface area contributed by atoms with E-state index in [0.717, 1.165) is 22.7 Å². The number of ether oxygens (including phenoxy) is 1. The smallest absolute Gasteiger partial charge is 0.225 e. The number of aliphatic imine (C=N–C) groups is 1. The van der Waals surface area contributed by atoms with Gasteiger partial charge in [0, 0.05) is 36.8 Å². The predicted molar refractivity (Wildman–Crippen MR) is 125 cm³/mol. The van der Waals surface area contributed by atoms with Crippen LogP contribution in [-0.2, 0) is 17.6 Å². The number of benzene rings is 1. The van der Waals surface area contributed by atoms with E-state index in [1.807, 2.05) is 45.0 Å². The Bertz CT molecular complexity index is 1310. The van der Waals surface area contributed by atoms with Crippen LogP contribution in [-0.4, -0.2) is 38.6 Å². The van der Waals surface area contributed by atoms with Gasteiger partial charge in [-0.15, -0.1) is 0 Å². The summed E-state index contributed by atoms with van der Waals surface area (Å²) in [4.78, 5) is 37.6. The molecule has 9 heteroatoms. The average molecular weight is 460 g/mol. The van der Waals surface area contributed by atoms with E-state index in [4.69, 9.17) is 14.3 Å². The molecule has 0 radical (unpaired) electrons. The van der Waals surface area contributed by atoms with Gasteiger partial charge in [-0.25, -0.2) is 9.97 Å². The maximum absolute atomic E-state index is 13.0. The van der Waals surface area contributed by atoms with Crippen LogP contribution < -0.4 is 10.1 Å². The first kappa shape index (κ1) is 21.9. The van der Waals surface area contributed by atoms with Gasteiger partial charge in [0.25, 0.3) is 0 Å². The molecule has 174 valence electrons. The van der Waals surface area contributed by atoms with Gasteiger partial charge in [0.05, 0.1) is 17.5 Å². The lowest BCUT2D eigenvalue weighted by Gasteiger charge is -2.17. The van der Waals surface area contributed by atoms with Crippen molar-refractivity contribution in [1.82, 2.24) is 15.1 Å². The minimum atomic E-state index is -0.201. The number of carbonyl (C=O) groups excluding carboxylic acids is 2. The van der Waals surface area contributed by atoms with Crippen molar-refractivity contribution >= 4 is 28.9 Å². The molecule has 0 unspecified atom stereocenters. The van der Waals surface area contributed by atoms with Gasteiger partial charge in [-0.2, -0.15) is 0 Å². The Kier molecular flexibility index (Phi) is 5.69. The van der Waals surface area contributed by atoms with Crippen LogP contribution in [0.2, 0.25) is 0 Å². The van der Waals surface area contributed by atoms with E-state index in [1.54, 1.807) is 0 Å². The largest absolute Gasteiger partial charge is 0.491 e. The molecule has 3 aromatic rings. The highest BCUT2D eigenvalue weighted by Crippen LogP contribution is 2.33. The zero-order chi connectivity index (χ0) is 23.8. The third kappa shape index (κ3) is 4.33. The Balaban J connectivity index is 1.28. The summed E-state index contributed by atoms with van der Waals surface area (Å²) in [6.07, 6.45) is 3.03. The molecular weight excluding hydrogens is 434 g/mol. The lowest BCUT2D eigenvalue weighted by atomic mass is 9.95. The first-order valence-electron chi connectivity index (χ1n) is 11.4. The molecule has 0 saturated heterocycles. The third-order valence-electron chi connectivity index (χ3n) is 5.91. The molecule has 0 spiro atoms. The molecule has 1 amide bonds. The summed E-state index contributed by atoms with van der Waals surface area (Å²) in [7, 11) is 0. The number of hydrogen-bond acceptors (Lipinski definition) is 8. The van der Waals surface area contributed by atoms with Crippen LogP contribution >= 0.6 is 0 Å². The SMILES string of the molecule is CC(C)Oc1ccc2c(c1)CC(c1cc([C@@H](C)CC(=O)c3ncnc4c3CCC(=O)N4)on1)=N2. The molecule has 0 fully saturated rings. The summed E-state index contributed by atoms with van der Waals surface area (Å²) < 4.78 is 11.4. The molecule has 2 aliphatic heterocycles. The minimum Gasteiger partial charge on any atom is -0.491 e. The number of Topliss-reactive ketones (excluding diaryl/α,β-unsaturated/α-hetero) is 1. The van der Waals surface area contributed by atoms with Crippen molar-refractivity contribution < 1.29 is 18.8 Å². The number of nitrogens with zero attached hydrogens (tertiary/aromatic N) is 4. The van der Waals surface area contributed by atoms with E-state index < -0.39 is 0 Å². The number of hydrogen-bond donors (Lipinski definition) is 1. The lowest BCUT2D eigenvalue weighted by Crippen LogP contribution is -2.23. The molecule has 5 rings (SSSR count). The van der Waals surface area contributed by atoms with Gasteiger partial charge >= 0.3 is 0 Å². The Hall–Kier alpha value is -3.88. The van der Waals surface area contributed by atoms with Gasteiger partial charge in [0.1, 0.15) is 35.0 Å². The van der Waals surface area contributed by atoms with E-state index >= 15 is 0 Å². The van der Waals surface area contributed by atoms with Crippen LogP contribution in [0.15, 0.2) is 40.1 Å². The molecule has 0 saturated carbocycles. The average Bonchev–Trinajstić information content (AvgIpc) is 3.45. The van der Waals surface area contributed by atoms with Crippen molar-refractivity contribution in [1.29, 1.82) is 0 Å². The zero-order valence-electron chi connectivity index (χ0n) is 19.3. The number of carbonyl (C=O) groups is 2.